The number of epoxide rings is 2. The molecule has 3 saturated heterocycles. The van der Waals surface area contributed by atoms with Crippen LogP contribution in [0.4, 0.5) is 0 Å². The first-order valence-electron chi connectivity index (χ1n) is 14.6. The molecule has 0 aromatic rings. The molecule has 3 aliphatic heterocycles. The van der Waals surface area contributed by atoms with Crippen molar-refractivity contribution in [1.29, 1.82) is 0 Å². The summed E-state index contributed by atoms with van der Waals surface area (Å²) in [6.45, 7) is 10.1. The van der Waals surface area contributed by atoms with Gasteiger partial charge < -0.3 is 29.9 Å². The Morgan fingerprint density at radius 3 is 2.05 bits per heavy atom. The second-order valence-corrected chi connectivity index (χ2v) is 11.9. The predicted molar refractivity (Wildman–Crippen MR) is 142 cm³/mol. The number of aliphatic hydroxyl groups excluding tert-OH is 4. The molecule has 0 bridgehead atoms. The fourth-order valence-corrected chi connectivity index (χ4v) is 6.07. The molecule has 0 aromatic heterocycles. The van der Waals surface area contributed by atoms with Gasteiger partial charge in [-0.25, -0.2) is 0 Å². The molecule has 3 aliphatic rings. The summed E-state index contributed by atoms with van der Waals surface area (Å²) in [6.07, 6.45) is 4.78. The van der Waals surface area contributed by atoms with Gasteiger partial charge in [0, 0.05) is 23.2 Å². The van der Waals surface area contributed by atoms with Crippen molar-refractivity contribution < 1.29 is 29.9 Å². The molecule has 0 spiro atoms. The topological polar surface area (TPSA) is 154 Å². The van der Waals surface area contributed by atoms with Gasteiger partial charge in [-0.2, -0.15) is 0 Å². The van der Waals surface area contributed by atoms with Gasteiger partial charge in [0.05, 0.1) is 25.4 Å². The third-order valence-electron chi connectivity index (χ3n) is 8.39. The molecule has 37 heavy (non-hydrogen) atoms. The number of hydrogen-bond donors (Lipinski definition) is 8. The zero-order chi connectivity index (χ0) is 26.8. The van der Waals surface area contributed by atoms with Crippen molar-refractivity contribution in [3.05, 3.63) is 0 Å². The summed E-state index contributed by atoms with van der Waals surface area (Å²) in [5.74, 6) is -0.386. The molecule has 7 unspecified atom stereocenters. The zero-order valence-corrected chi connectivity index (χ0v) is 23.2. The lowest BCUT2D eigenvalue weighted by atomic mass is 9.63. The van der Waals surface area contributed by atoms with Crippen molar-refractivity contribution in [3.8, 4) is 0 Å². The number of nitrogens with one attached hydrogen (secondary N) is 4. The van der Waals surface area contributed by atoms with E-state index in [0.29, 0.717) is 26.2 Å². The summed E-state index contributed by atoms with van der Waals surface area (Å²) in [5, 5.41) is 55.6. The van der Waals surface area contributed by atoms with Gasteiger partial charge in [-0.15, -0.1) is 0 Å². The predicted octanol–water partition coefficient (Wildman–Crippen LogP) is 0.445. The Morgan fingerprint density at radius 2 is 1.46 bits per heavy atom. The summed E-state index contributed by atoms with van der Waals surface area (Å²) in [5.41, 5.74) is -0.548. The fraction of sp³-hybridized carbons (Fsp3) is 1.00. The van der Waals surface area contributed by atoms with E-state index in [2.05, 4.69) is 35.1 Å². The lowest BCUT2D eigenvalue weighted by Crippen LogP contribution is -2.55. The molecular formula is C27H54N4O6. The third kappa shape index (κ3) is 10.3. The summed E-state index contributed by atoms with van der Waals surface area (Å²) in [7, 11) is 0. The molecule has 0 aliphatic carbocycles. The third-order valence-corrected chi connectivity index (χ3v) is 8.39. The van der Waals surface area contributed by atoms with Crippen molar-refractivity contribution in [3.63, 3.8) is 0 Å². The van der Waals surface area contributed by atoms with E-state index in [0.717, 1.165) is 64.6 Å². The normalized spacial score (nSPS) is 33.0. The van der Waals surface area contributed by atoms with Gasteiger partial charge >= 0.3 is 0 Å². The van der Waals surface area contributed by atoms with Gasteiger partial charge in [0.2, 0.25) is 0 Å². The van der Waals surface area contributed by atoms with Gasteiger partial charge in [-0.05, 0) is 65.2 Å². The molecule has 0 saturated carbocycles. The molecule has 0 radical (unpaired) electrons. The van der Waals surface area contributed by atoms with Gasteiger partial charge in [-0.3, -0.25) is 21.3 Å². The van der Waals surface area contributed by atoms with E-state index in [-0.39, 0.29) is 30.0 Å². The van der Waals surface area contributed by atoms with Crippen LogP contribution in [0.25, 0.3) is 0 Å². The molecule has 9 atom stereocenters. The first-order valence-corrected chi connectivity index (χ1v) is 14.6. The lowest BCUT2D eigenvalue weighted by Gasteiger charge is -2.46. The van der Waals surface area contributed by atoms with Crippen molar-refractivity contribution in [1.82, 2.24) is 21.3 Å². The standard InChI is InChI=1S/C27H54N4O6/c1-18(32)28-11-9-6-10-14-31-26(35)27(2,3)24(21-17-37-21)23(20-16-36-20)19-15-22(33)29-12-7-4-5-8-13-30-25(19)34/h18-26,28-35H,4-17H2,1-3H3/t18?,19-,20?,21?,22?,23?,24-,25?,26?/m0/s1. The van der Waals surface area contributed by atoms with Crippen LogP contribution in [0.2, 0.25) is 0 Å². The molecule has 0 aromatic carbocycles. The molecule has 8 N–H and O–H groups in total. The maximum Gasteiger partial charge on any atom is 0.110 e. The molecule has 218 valence electrons. The van der Waals surface area contributed by atoms with Crippen LogP contribution in [-0.2, 0) is 9.47 Å². The van der Waals surface area contributed by atoms with Crippen LogP contribution in [0.1, 0.15) is 72.1 Å². The monoisotopic (exact) mass is 530 g/mol. The highest BCUT2D eigenvalue weighted by Crippen LogP contribution is 2.50. The smallest absolute Gasteiger partial charge is 0.110 e. The summed E-state index contributed by atoms with van der Waals surface area (Å²) < 4.78 is 11.7. The van der Waals surface area contributed by atoms with Crippen LogP contribution in [0, 0.1) is 23.2 Å². The van der Waals surface area contributed by atoms with Gasteiger partial charge in [0.1, 0.15) is 24.9 Å². The SMILES string of the molecule is CC(O)NCCCCCNC(O)C(C)(C)[C@@H](C1CO1)C(C1CO1)[C@@H]1CC(O)NCCCCCCNC1O. The van der Waals surface area contributed by atoms with Crippen molar-refractivity contribution >= 4 is 0 Å². The quantitative estimate of drug-likeness (QED) is 0.0902. The number of unbranched alkanes of at least 4 members (excludes halogenated alkanes) is 2. The highest BCUT2D eigenvalue weighted by molar-refractivity contribution is 5.03. The highest BCUT2D eigenvalue weighted by Gasteiger charge is 2.57. The van der Waals surface area contributed by atoms with Crippen LogP contribution in [-0.4, -0.2) is 96.9 Å². The van der Waals surface area contributed by atoms with Gasteiger partial charge in [0.15, 0.2) is 0 Å². The summed E-state index contributed by atoms with van der Waals surface area (Å²) in [4.78, 5) is 0. The first kappa shape index (κ1) is 31.1. The maximum atomic E-state index is 11.3. The average Bonchev–Trinajstić information content (AvgIpc) is 3.74. The van der Waals surface area contributed by atoms with E-state index < -0.39 is 30.3 Å². The highest BCUT2D eigenvalue weighted by atomic mass is 16.6. The lowest BCUT2D eigenvalue weighted by molar-refractivity contribution is -0.0881. The van der Waals surface area contributed by atoms with Crippen LogP contribution >= 0.6 is 0 Å². The second kappa shape index (κ2) is 15.4. The molecule has 3 rings (SSSR count). The van der Waals surface area contributed by atoms with Crippen LogP contribution in [0.3, 0.4) is 0 Å². The molecule has 10 heteroatoms. The van der Waals surface area contributed by atoms with Crippen LogP contribution < -0.4 is 21.3 Å². The fourth-order valence-electron chi connectivity index (χ4n) is 6.07. The second-order valence-electron chi connectivity index (χ2n) is 11.9. The number of rotatable bonds is 14. The van der Waals surface area contributed by atoms with E-state index in [1.807, 2.05) is 0 Å². The van der Waals surface area contributed by atoms with E-state index in [9.17, 15) is 20.4 Å². The molecule has 0 amide bonds. The van der Waals surface area contributed by atoms with Crippen molar-refractivity contribution in [2.75, 3.05) is 39.4 Å². The van der Waals surface area contributed by atoms with Crippen LogP contribution in [0.5, 0.6) is 0 Å². The Hall–Kier alpha value is -0.400. The Kier molecular flexibility index (Phi) is 13.0. The average molecular weight is 531 g/mol. The Morgan fingerprint density at radius 1 is 0.865 bits per heavy atom. The summed E-state index contributed by atoms with van der Waals surface area (Å²) >= 11 is 0. The maximum absolute atomic E-state index is 11.3. The largest absolute Gasteiger partial charge is 0.379 e. The van der Waals surface area contributed by atoms with Crippen LogP contribution in [0.15, 0.2) is 0 Å². The molecular weight excluding hydrogens is 476 g/mol. The zero-order valence-electron chi connectivity index (χ0n) is 23.2. The minimum Gasteiger partial charge on any atom is -0.379 e. The van der Waals surface area contributed by atoms with Crippen molar-refractivity contribution in [2.45, 2.75) is 109 Å². The van der Waals surface area contributed by atoms with Gasteiger partial charge in [-0.1, -0.05) is 33.1 Å². The molecule has 10 nitrogen and oxygen atoms in total. The Bertz CT molecular complexity index is 634. The van der Waals surface area contributed by atoms with Crippen molar-refractivity contribution in [2.24, 2.45) is 23.2 Å². The number of ether oxygens (including phenoxy) is 2. The summed E-state index contributed by atoms with van der Waals surface area (Å²) in [6, 6.07) is 0. The minimum atomic E-state index is -0.775. The molecule has 3 fully saturated rings. The van der Waals surface area contributed by atoms with Gasteiger partial charge in [0.25, 0.3) is 0 Å². The van der Waals surface area contributed by atoms with E-state index in [1.165, 1.54) is 0 Å². The van der Waals surface area contributed by atoms with E-state index >= 15 is 0 Å². The minimum absolute atomic E-state index is 0.00844. The number of aliphatic hydroxyl groups is 4. The van der Waals surface area contributed by atoms with E-state index in [4.69, 9.17) is 9.47 Å². The Labute approximate surface area is 223 Å². The number of hydrogen-bond acceptors (Lipinski definition) is 10. The first-order chi connectivity index (χ1) is 17.7. The molecule has 3 heterocycles. The van der Waals surface area contributed by atoms with E-state index in [1.54, 1.807) is 6.92 Å². The Balaban J connectivity index is 1.67.